The molecule has 6 N–H and O–H groups in total. The van der Waals surface area contributed by atoms with Crippen LogP contribution in [0.5, 0.6) is 11.5 Å². The van der Waals surface area contributed by atoms with Crippen LogP contribution in [0.2, 0.25) is 0 Å². The molecule has 0 amide bonds. The Kier molecular flexibility index (Phi) is 12.6. The predicted octanol–water partition coefficient (Wildman–Crippen LogP) is 5.94. The largest absolute Gasteiger partial charge is 0.504 e. The molecule has 0 aliphatic carbocycles. The summed E-state index contributed by atoms with van der Waals surface area (Å²) in [4.78, 5) is 19.3. The van der Waals surface area contributed by atoms with Crippen molar-refractivity contribution in [3.05, 3.63) is 118 Å². The molecule has 0 aromatic heterocycles. The lowest BCUT2D eigenvalue weighted by Crippen LogP contribution is -2.35. The van der Waals surface area contributed by atoms with Crippen molar-refractivity contribution >= 4 is 11.5 Å². The van der Waals surface area contributed by atoms with Crippen molar-refractivity contribution in [2.24, 2.45) is 10.7 Å². The Balaban J connectivity index is 1.15. The van der Waals surface area contributed by atoms with Crippen LogP contribution in [0.4, 0.5) is 0 Å². The zero-order chi connectivity index (χ0) is 36.5. The molecule has 4 atom stereocenters. The Hall–Kier alpha value is -4.72. The number of unbranched alkanes of at least 4 members (excludes halogenated alkanes) is 2. The first-order chi connectivity index (χ1) is 25.3. The number of Topliss-reactive ketones (excluding diaryl/α,β-unsaturated/α-hetero) is 1. The average molecular weight is 703 g/mol. The number of nitrogens with two attached hydrogens (primary N) is 1. The molecule has 3 aliphatic heterocycles. The normalized spacial score (nSPS) is 18.8. The van der Waals surface area contributed by atoms with Gasteiger partial charge in [0.15, 0.2) is 17.7 Å². The molecule has 0 spiro atoms. The maximum atomic E-state index is 12.6. The SMILES string of the molecule is CCCCC[C@@H](O)CC(=O)CCc1ccc(O)c(O[C@@H]2CC#C[C@H](O)c3ccc([C@H](N)NCCc4ccccc4)cc3CC3=CN=C4CN2C=C34)c1. The van der Waals surface area contributed by atoms with Gasteiger partial charge in [-0.2, -0.15) is 0 Å². The van der Waals surface area contributed by atoms with Crippen molar-refractivity contribution in [3.63, 3.8) is 0 Å². The van der Waals surface area contributed by atoms with E-state index in [1.54, 1.807) is 18.2 Å². The molecule has 0 fully saturated rings. The Labute approximate surface area is 306 Å². The molecule has 9 heteroatoms. The van der Waals surface area contributed by atoms with Gasteiger partial charge in [-0.25, -0.2) is 0 Å². The number of aryl methyl sites for hydroxylation is 1. The topological polar surface area (TPSA) is 141 Å². The van der Waals surface area contributed by atoms with Gasteiger partial charge >= 0.3 is 0 Å². The molecule has 0 unspecified atom stereocenters. The monoisotopic (exact) mass is 702 g/mol. The molecule has 2 bridgehead atoms. The number of phenols is 1. The van der Waals surface area contributed by atoms with E-state index in [0.29, 0.717) is 38.0 Å². The molecule has 3 aromatic rings. The minimum absolute atomic E-state index is 0.0111. The smallest absolute Gasteiger partial charge is 0.183 e. The van der Waals surface area contributed by atoms with Crippen LogP contribution in [-0.4, -0.2) is 57.1 Å². The molecule has 3 aliphatic rings. The molecule has 3 aromatic carbocycles. The highest BCUT2D eigenvalue weighted by Gasteiger charge is 2.32. The number of nitrogens with one attached hydrogen (secondary N) is 1. The zero-order valence-corrected chi connectivity index (χ0v) is 29.9. The van der Waals surface area contributed by atoms with E-state index in [0.717, 1.165) is 71.3 Å². The first-order valence-corrected chi connectivity index (χ1v) is 18.5. The van der Waals surface area contributed by atoms with Crippen LogP contribution in [0, 0.1) is 11.8 Å². The van der Waals surface area contributed by atoms with Crippen molar-refractivity contribution in [2.45, 2.75) is 95.7 Å². The van der Waals surface area contributed by atoms with E-state index in [1.165, 1.54) is 5.56 Å². The quantitative estimate of drug-likeness (QED) is 0.0702. The number of nitrogens with zero attached hydrogens (tertiary/aromatic N) is 2. The van der Waals surface area contributed by atoms with Crippen LogP contribution in [0.3, 0.4) is 0 Å². The van der Waals surface area contributed by atoms with Crippen LogP contribution in [0.15, 0.2) is 95.3 Å². The number of ketones is 1. The van der Waals surface area contributed by atoms with Gasteiger partial charge in [-0.1, -0.05) is 92.6 Å². The van der Waals surface area contributed by atoms with Crippen LogP contribution < -0.4 is 15.8 Å². The number of aliphatic hydroxyl groups excluding tert-OH is 2. The fraction of sp³-hybridized carbons (Fsp3) is 0.395. The van der Waals surface area contributed by atoms with Gasteiger partial charge in [-0.05, 0) is 64.8 Å². The van der Waals surface area contributed by atoms with Gasteiger partial charge < -0.3 is 30.7 Å². The van der Waals surface area contributed by atoms with Gasteiger partial charge in [0.1, 0.15) is 11.9 Å². The molecule has 0 radical (unpaired) electrons. The first kappa shape index (κ1) is 37.1. The van der Waals surface area contributed by atoms with Crippen LogP contribution in [-0.2, 0) is 24.1 Å². The summed E-state index contributed by atoms with van der Waals surface area (Å²) in [6, 6.07) is 21.3. The van der Waals surface area contributed by atoms with Gasteiger partial charge in [0, 0.05) is 43.8 Å². The molecule has 52 heavy (non-hydrogen) atoms. The van der Waals surface area contributed by atoms with Crippen molar-refractivity contribution in [1.29, 1.82) is 0 Å². The van der Waals surface area contributed by atoms with E-state index >= 15 is 0 Å². The molecule has 0 saturated heterocycles. The number of aromatic hydroxyl groups is 1. The summed E-state index contributed by atoms with van der Waals surface area (Å²) in [5.41, 5.74) is 14.3. The number of allylic oxidation sites excluding steroid dienone is 1. The summed E-state index contributed by atoms with van der Waals surface area (Å²) in [6.45, 7) is 3.36. The van der Waals surface area contributed by atoms with Crippen molar-refractivity contribution in [1.82, 2.24) is 10.2 Å². The fourth-order valence-corrected chi connectivity index (χ4v) is 6.94. The van der Waals surface area contributed by atoms with E-state index in [4.69, 9.17) is 15.5 Å². The molecule has 272 valence electrons. The standard InChI is InChI=1S/C43H50N4O5/c1-2-3-5-11-34(48)25-35(49)17-14-30-15-19-40(51)41(22-30)52-42-13-8-12-39(50)36-18-16-31(43(44)45-21-20-29-9-6-4-7-10-29)23-32(36)24-33-26-46-38-28-47(42)27-37(33)38/h4,6-7,9-10,15-16,18-19,22-23,26-27,34,39,42-43,45,48,50-51H,2-3,5,11,13-14,17,20-21,24-25,28,44H2,1H3/t34-,39+,42-,43-/m1/s1. The second-order valence-corrected chi connectivity index (χ2v) is 13.9. The predicted molar refractivity (Wildman–Crippen MR) is 203 cm³/mol. The van der Waals surface area contributed by atoms with Crippen molar-refractivity contribution in [2.75, 3.05) is 13.1 Å². The highest BCUT2D eigenvalue weighted by molar-refractivity contribution is 6.09. The molecule has 6 rings (SSSR count). The number of hydrogen-bond donors (Lipinski definition) is 5. The van der Waals surface area contributed by atoms with E-state index < -0.39 is 18.4 Å². The highest BCUT2D eigenvalue weighted by Crippen LogP contribution is 2.35. The van der Waals surface area contributed by atoms with E-state index in [-0.39, 0.29) is 30.5 Å². The molecular weight excluding hydrogens is 652 g/mol. The lowest BCUT2D eigenvalue weighted by molar-refractivity contribution is -0.121. The molecular formula is C43H50N4O5. The second kappa shape index (κ2) is 17.7. The summed E-state index contributed by atoms with van der Waals surface area (Å²) in [5, 5.41) is 35.7. The minimum Gasteiger partial charge on any atom is -0.504 e. The average Bonchev–Trinajstić information content (AvgIpc) is 3.73. The first-order valence-electron chi connectivity index (χ1n) is 18.5. The molecule has 0 saturated carbocycles. The van der Waals surface area contributed by atoms with Crippen LogP contribution >= 0.6 is 0 Å². The number of rotatable bonds is 16. The number of carbonyl (C=O) groups is 1. The van der Waals surface area contributed by atoms with Crippen LogP contribution in [0.1, 0.15) is 92.0 Å². The van der Waals surface area contributed by atoms with Crippen LogP contribution in [0.25, 0.3) is 0 Å². The van der Waals surface area contributed by atoms with Gasteiger partial charge in [-0.15, -0.1) is 0 Å². The Morgan fingerprint density at radius 2 is 1.94 bits per heavy atom. The number of benzene rings is 3. The second-order valence-electron chi connectivity index (χ2n) is 13.9. The molecule has 3 heterocycles. The molecule has 9 nitrogen and oxygen atoms in total. The Morgan fingerprint density at radius 1 is 1.10 bits per heavy atom. The summed E-state index contributed by atoms with van der Waals surface area (Å²) in [5.74, 6) is 6.47. The number of aliphatic hydroxyl groups is 2. The fourth-order valence-electron chi connectivity index (χ4n) is 6.94. The Bertz CT molecular complexity index is 1870. The maximum Gasteiger partial charge on any atom is 0.183 e. The third-order valence-electron chi connectivity index (χ3n) is 9.95. The van der Waals surface area contributed by atoms with E-state index in [9.17, 15) is 20.1 Å². The van der Waals surface area contributed by atoms with E-state index in [2.05, 4.69) is 42.3 Å². The Morgan fingerprint density at radius 3 is 2.77 bits per heavy atom. The lowest BCUT2D eigenvalue weighted by atomic mass is 9.91. The summed E-state index contributed by atoms with van der Waals surface area (Å²) >= 11 is 0. The zero-order valence-electron chi connectivity index (χ0n) is 29.9. The van der Waals surface area contributed by atoms with Crippen molar-refractivity contribution < 1.29 is 24.9 Å². The number of carbonyl (C=O) groups excluding carboxylic acids is 1. The minimum atomic E-state index is -1.02. The third-order valence-corrected chi connectivity index (χ3v) is 9.95. The number of ether oxygens (including phenoxy) is 1. The van der Waals surface area contributed by atoms with Crippen molar-refractivity contribution in [3.8, 4) is 23.3 Å². The highest BCUT2D eigenvalue weighted by atomic mass is 16.5. The summed E-state index contributed by atoms with van der Waals surface area (Å²) < 4.78 is 6.43. The third kappa shape index (κ3) is 9.58. The van der Waals surface area contributed by atoms with Gasteiger partial charge in [0.2, 0.25) is 0 Å². The summed E-state index contributed by atoms with van der Waals surface area (Å²) in [6.07, 6.45) is 7.69. The maximum absolute atomic E-state index is 12.6. The number of phenolic OH excluding ortho intramolecular Hbond substituents is 1. The van der Waals surface area contributed by atoms with E-state index in [1.807, 2.05) is 47.6 Å². The number of aliphatic imine (C=N–C) groups is 1. The number of fused-ring (bicyclic) bond motifs is 2. The summed E-state index contributed by atoms with van der Waals surface area (Å²) in [7, 11) is 0. The lowest BCUT2D eigenvalue weighted by Gasteiger charge is -2.27. The number of hydrogen-bond acceptors (Lipinski definition) is 9. The van der Waals surface area contributed by atoms with Gasteiger partial charge in [-0.3, -0.25) is 15.1 Å². The van der Waals surface area contributed by atoms with Gasteiger partial charge in [0.25, 0.3) is 0 Å². The van der Waals surface area contributed by atoms with Gasteiger partial charge in [0.05, 0.1) is 30.9 Å².